The summed E-state index contributed by atoms with van der Waals surface area (Å²) in [4.78, 5) is 14.2. The highest BCUT2D eigenvalue weighted by Crippen LogP contribution is 2.26. The van der Waals surface area contributed by atoms with Gasteiger partial charge in [0.1, 0.15) is 0 Å². The molecule has 3 rings (SSSR count). The fourth-order valence-electron chi connectivity index (χ4n) is 3.07. The first kappa shape index (κ1) is 18.6. The number of amides is 1. The van der Waals surface area contributed by atoms with Crippen molar-refractivity contribution in [1.82, 2.24) is 24.5 Å². The zero-order valence-corrected chi connectivity index (χ0v) is 16.1. The average molecular weight is 363 g/mol. The van der Waals surface area contributed by atoms with Crippen molar-refractivity contribution >= 4 is 5.91 Å². The van der Waals surface area contributed by atoms with Crippen LogP contribution < -0.4 is 0 Å². The van der Waals surface area contributed by atoms with Crippen molar-refractivity contribution in [2.24, 2.45) is 7.05 Å². The summed E-state index contributed by atoms with van der Waals surface area (Å²) in [5, 5.41) is 8.58. The quantitative estimate of drug-likeness (QED) is 0.606. The molecule has 0 atom stereocenters. The van der Waals surface area contributed by atoms with Gasteiger partial charge in [0.15, 0.2) is 0 Å². The van der Waals surface area contributed by atoms with E-state index in [4.69, 9.17) is 0 Å². The van der Waals surface area contributed by atoms with E-state index in [1.807, 2.05) is 43.4 Å². The summed E-state index contributed by atoms with van der Waals surface area (Å²) >= 11 is 0. The van der Waals surface area contributed by atoms with Crippen LogP contribution in [0.2, 0.25) is 0 Å². The van der Waals surface area contributed by atoms with Crippen LogP contribution in [0, 0.1) is 13.8 Å². The zero-order chi connectivity index (χ0) is 19.4. The number of carbonyl (C=O) groups excluding carboxylic acids is 1. The van der Waals surface area contributed by atoms with Gasteiger partial charge in [-0.05, 0) is 36.6 Å². The largest absolute Gasteiger partial charge is 0.333 e. The second-order valence-corrected chi connectivity index (χ2v) is 6.81. The molecule has 1 amide bonds. The molecule has 140 valence electrons. The Labute approximate surface area is 159 Å². The molecule has 6 heteroatoms. The zero-order valence-electron chi connectivity index (χ0n) is 16.1. The van der Waals surface area contributed by atoms with Crippen LogP contribution >= 0.6 is 0 Å². The van der Waals surface area contributed by atoms with Crippen LogP contribution in [0.15, 0.2) is 55.6 Å². The molecule has 0 aliphatic heterocycles. The van der Waals surface area contributed by atoms with Crippen molar-refractivity contribution in [3.05, 3.63) is 72.3 Å². The number of carbonyl (C=O) groups is 1. The third kappa shape index (κ3) is 4.53. The minimum absolute atomic E-state index is 0.0865. The van der Waals surface area contributed by atoms with Crippen molar-refractivity contribution in [2.75, 3.05) is 6.54 Å². The summed E-state index contributed by atoms with van der Waals surface area (Å²) in [5.41, 5.74) is 5.51. The smallest absolute Gasteiger partial charge is 0.246 e. The summed E-state index contributed by atoms with van der Waals surface area (Å²) in [6, 6.07) is 6.29. The lowest BCUT2D eigenvalue weighted by Crippen LogP contribution is -2.32. The Morgan fingerprint density at radius 3 is 2.63 bits per heavy atom. The second-order valence-electron chi connectivity index (χ2n) is 6.81. The molecule has 0 aliphatic carbocycles. The Bertz CT molecular complexity index is 953. The Balaban J connectivity index is 1.84. The molecule has 3 aromatic rings. The van der Waals surface area contributed by atoms with Gasteiger partial charge in [-0.25, -0.2) is 0 Å². The maximum absolute atomic E-state index is 12.4. The molecular formula is C21H25N5O. The molecule has 1 aromatic carbocycles. The van der Waals surface area contributed by atoms with Crippen LogP contribution in [-0.2, 0) is 24.9 Å². The molecule has 0 fully saturated rings. The molecule has 0 saturated carbocycles. The van der Waals surface area contributed by atoms with Gasteiger partial charge in [-0.15, -0.1) is 0 Å². The van der Waals surface area contributed by atoms with Crippen molar-refractivity contribution in [3.63, 3.8) is 0 Å². The number of nitrogens with zero attached hydrogens (tertiary/aromatic N) is 5. The van der Waals surface area contributed by atoms with E-state index in [1.165, 1.54) is 11.6 Å². The Kier molecular flexibility index (Phi) is 5.54. The van der Waals surface area contributed by atoms with E-state index in [2.05, 4.69) is 41.9 Å². The minimum atomic E-state index is -0.0865. The first-order chi connectivity index (χ1) is 13.0. The van der Waals surface area contributed by atoms with Crippen LogP contribution in [0.1, 0.15) is 16.7 Å². The first-order valence-electron chi connectivity index (χ1n) is 8.95. The molecule has 0 saturated heterocycles. The first-order valence-corrected chi connectivity index (χ1v) is 8.95. The van der Waals surface area contributed by atoms with Crippen molar-refractivity contribution < 1.29 is 4.79 Å². The van der Waals surface area contributed by atoms with Crippen LogP contribution in [-0.4, -0.2) is 36.9 Å². The van der Waals surface area contributed by atoms with E-state index < -0.39 is 0 Å². The Morgan fingerprint density at radius 2 is 2.00 bits per heavy atom. The number of benzene rings is 1. The number of hydrogen-bond donors (Lipinski definition) is 0. The molecule has 0 aliphatic rings. The van der Waals surface area contributed by atoms with Gasteiger partial charge >= 0.3 is 0 Å². The summed E-state index contributed by atoms with van der Waals surface area (Å²) in [6.45, 7) is 9.43. The van der Waals surface area contributed by atoms with Gasteiger partial charge in [-0.1, -0.05) is 30.3 Å². The van der Waals surface area contributed by atoms with E-state index in [0.717, 1.165) is 22.3 Å². The topological polar surface area (TPSA) is 56.0 Å². The number of aromatic nitrogens is 4. The SMILES string of the molecule is C=CC(=O)N(CCn1cc(C)cn1)Cc1ccc(C)cc1-c1cnn(C)c1. The number of rotatable bonds is 7. The van der Waals surface area contributed by atoms with Gasteiger partial charge in [0, 0.05) is 38.1 Å². The normalized spacial score (nSPS) is 10.8. The molecule has 27 heavy (non-hydrogen) atoms. The van der Waals surface area contributed by atoms with E-state index in [0.29, 0.717) is 19.6 Å². The van der Waals surface area contributed by atoms with Crippen LogP contribution in [0.25, 0.3) is 11.1 Å². The summed E-state index contributed by atoms with van der Waals surface area (Å²) in [6.07, 6.45) is 9.00. The number of hydrogen-bond acceptors (Lipinski definition) is 3. The molecule has 0 N–H and O–H groups in total. The van der Waals surface area contributed by atoms with Crippen molar-refractivity contribution in [2.45, 2.75) is 26.9 Å². The third-order valence-corrected chi connectivity index (χ3v) is 4.49. The lowest BCUT2D eigenvalue weighted by Gasteiger charge is -2.23. The van der Waals surface area contributed by atoms with Gasteiger partial charge in [0.25, 0.3) is 0 Å². The highest BCUT2D eigenvalue weighted by Gasteiger charge is 2.15. The van der Waals surface area contributed by atoms with Crippen LogP contribution in [0.3, 0.4) is 0 Å². The monoisotopic (exact) mass is 363 g/mol. The van der Waals surface area contributed by atoms with Crippen molar-refractivity contribution in [3.8, 4) is 11.1 Å². The van der Waals surface area contributed by atoms with E-state index >= 15 is 0 Å². The van der Waals surface area contributed by atoms with E-state index in [-0.39, 0.29) is 5.91 Å². The fraction of sp³-hybridized carbons (Fsp3) is 0.286. The molecular weight excluding hydrogens is 338 g/mol. The highest BCUT2D eigenvalue weighted by atomic mass is 16.2. The minimum Gasteiger partial charge on any atom is -0.333 e. The Morgan fingerprint density at radius 1 is 1.19 bits per heavy atom. The second kappa shape index (κ2) is 8.03. The molecule has 0 bridgehead atoms. The molecule has 2 aromatic heterocycles. The van der Waals surface area contributed by atoms with E-state index in [9.17, 15) is 4.79 Å². The van der Waals surface area contributed by atoms with Crippen LogP contribution in [0.5, 0.6) is 0 Å². The van der Waals surface area contributed by atoms with Gasteiger partial charge in [-0.2, -0.15) is 10.2 Å². The van der Waals surface area contributed by atoms with Crippen LogP contribution in [0.4, 0.5) is 0 Å². The molecule has 0 radical (unpaired) electrons. The Hall–Kier alpha value is -3.15. The predicted octanol–water partition coefficient (Wildman–Crippen LogP) is 3.12. The third-order valence-electron chi connectivity index (χ3n) is 4.49. The fourth-order valence-corrected chi connectivity index (χ4v) is 3.07. The number of aryl methyl sites for hydroxylation is 3. The van der Waals surface area contributed by atoms with Crippen molar-refractivity contribution in [1.29, 1.82) is 0 Å². The van der Waals surface area contributed by atoms with Gasteiger partial charge in [0.05, 0.1) is 18.9 Å². The van der Waals surface area contributed by atoms with Gasteiger partial charge in [-0.3, -0.25) is 14.2 Å². The lowest BCUT2D eigenvalue weighted by atomic mass is 9.99. The summed E-state index contributed by atoms with van der Waals surface area (Å²) in [5.74, 6) is -0.0865. The standard InChI is InChI=1S/C21H25N5O/c1-5-21(27)25(8-9-26-13-17(3)11-23-26)15-18-7-6-16(2)10-20(18)19-12-22-24(4)14-19/h5-7,10-14H,1,8-9,15H2,2-4H3. The average Bonchev–Trinajstić information content (AvgIpc) is 3.27. The molecule has 6 nitrogen and oxygen atoms in total. The maximum Gasteiger partial charge on any atom is 0.246 e. The summed E-state index contributed by atoms with van der Waals surface area (Å²) < 4.78 is 3.64. The summed E-state index contributed by atoms with van der Waals surface area (Å²) in [7, 11) is 1.90. The van der Waals surface area contributed by atoms with Gasteiger partial charge in [0.2, 0.25) is 5.91 Å². The predicted molar refractivity (Wildman–Crippen MR) is 106 cm³/mol. The van der Waals surface area contributed by atoms with E-state index in [1.54, 1.807) is 9.58 Å². The highest BCUT2D eigenvalue weighted by molar-refractivity contribution is 5.87. The lowest BCUT2D eigenvalue weighted by molar-refractivity contribution is -0.126. The molecule has 2 heterocycles. The maximum atomic E-state index is 12.4. The molecule has 0 spiro atoms. The van der Waals surface area contributed by atoms with Gasteiger partial charge < -0.3 is 4.90 Å². The molecule has 0 unspecified atom stereocenters.